The molecule has 1 aromatic carbocycles. The van der Waals surface area contributed by atoms with E-state index in [1.165, 1.54) is 70.6 Å². The summed E-state index contributed by atoms with van der Waals surface area (Å²) in [5.41, 5.74) is 1.98. The SMILES string of the molecule is CCCCCCCCCCCCCCOc1ccc(CC(=O)NCc2cccc[n+]2CC)cc1Cl.[I-]. The third-order valence-electron chi connectivity index (χ3n) is 6.46. The van der Waals surface area contributed by atoms with Crippen molar-refractivity contribution in [2.45, 2.75) is 110 Å². The normalized spacial score (nSPS) is 10.6. The highest BCUT2D eigenvalue weighted by atomic mass is 127. The second-order valence-corrected chi connectivity index (χ2v) is 9.84. The van der Waals surface area contributed by atoms with Gasteiger partial charge in [0.1, 0.15) is 18.8 Å². The average Bonchev–Trinajstić information content (AvgIpc) is 2.87. The van der Waals surface area contributed by atoms with Crippen LogP contribution in [-0.4, -0.2) is 12.5 Å². The second-order valence-electron chi connectivity index (χ2n) is 9.43. The van der Waals surface area contributed by atoms with E-state index in [-0.39, 0.29) is 29.9 Å². The third kappa shape index (κ3) is 13.8. The molecule has 0 saturated heterocycles. The van der Waals surface area contributed by atoms with Crippen LogP contribution in [0.25, 0.3) is 0 Å². The number of halogens is 2. The number of carbonyl (C=O) groups excluding carboxylic acids is 1. The number of unbranched alkanes of at least 4 members (excludes halogenated alkanes) is 11. The highest BCUT2D eigenvalue weighted by Gasteiger charge is 2.11. The number of pyridine rings is 1. The maximum atomic E-state index is 12.4. The molecule has 6 heteroatoms. The molecule has 1 heterocycles. The van der Waals surface area contributed by atoms with Gasteiger partial charge in [-0.15, -0.1) is 0 Å². The van der Waals surface area contributed by atoms with Crippen LogP contribution in [0, 0.1) is 0 Å². The lowest BCUT2D eigenvalue weighted by Gasteiger charge is -2.10. The van der Waals surface area contributed by atoms with E-state index in [0.29, 0.717) is 30.3 Å². The predicted octanol–water partition coefficient (Wildman–Crippen LogP) is 4.59. The molecule has 0 saturated carbocycles. The molecule has 0 aliphatic heterocycles. The Hall–Kier alpha value is -1.34. The van der Waals surface area contributed by atoms with Crippen molar-refractivity contribution in [2.75, 3.05) is 6.61 Å². The molecule has 2 rings (SSSR count). The van der Waals surface area contributed by atoms with Crippen molar-refractivity contribution in [3.63, 3.8) is 0 Å². The van der Waals surface area contributed by atoms with Crippen molar-refractivity contribution >= 4 is 17.5 Å². The molecule has 0 bridgehead atoms. The Morgan fingerprint density at radius 3 is 2.14 bits per heavy atom. The minimum absolute atomic E-state index is 0. The Kier molecular flexibility index (Phi) is 18.8. The Bertz CT molecular complexity index is 863. The molecule has 1 aromatic heterocycles. The molecule has 202 valence electrons. The number of ether oxygens (including phenoxy) is 1. The Morgan fingerprint density at radius 2 is 1.53 bits per heavy atom. The zero-order valence-electron chi connectivity index (χ0n) is 22.4. The topological polar surface area (TPSA) is 42.2 Å². The minimum Gasteiger partial charge on any atom is -1.00 e. The largest absolute Gasteiger partial charge is 1.00 e. The summed E-state index contributed by atoms with van der Waals surface area (Å²) in [5, 5.41) is 3.57. The van der Waals surface area contributed by atoms with Gasteiger partial charge in [-0.3, -0.25) is 4.79 Å². The predicted molar refractivity (Wildman–Crippen MR) is 146 cm³/mol. The first-order valence-corrected chi connectivity index (χ1v) is 14.2. The van der Waals surface area contributed by atoms with Gasteiger partial charge in [-0.25, -0.2) is 4.57 Å². The Balaban J connectivity index is 0.00000648. The van der Waals surface area contributed by atoms with Crippen LogP contribution in [0.5, 0.6) is 5.75 Å². The number of nitrogens with one attached hydrogen (secondary N) is 1. The third-order valence-corrected chi connectivity index (χ3v) is 6.75. The first kappa shape index (κ1) is 32.7. The Morgan fingerprint density at radius 1 is 0.889 bits per heavy atom. The summed E-state index contributed by atoms with van der Waals surface area (Å²) in [7, 11) is 0. The van der Waals surface area contributed by atoms with Crippen LogP contribution in [0.2, 0.25) is 5.02 Å². The highest BCUT2D eigenvalue weighted by molar-refractivity contribution is 6.32. The van der Waals surface area contributed by atoms with Crippen molar-refractivity contribution < 1.29 is 38.1 Å². The first-order valence-electron chi connectivity index (χ1n) is 13.8. The van der Waals surface area contributed by atoms with Crippen molar-refractivity contribution in [2.24, 2.45) is 0 Å². The molecular formula is C30H46ClIN2O2. The van der Waals surface area contributed by atoms with Gasteiger partial charge in [0.05, 0.1) is 18.1 Å². The van der Waals surface area contributed by atoms with E-state index < -0.39 is 0 Å². The van der Waals surface area contributed by atoms with Gasteiger partial charge in [-0.2, -0.15) is 0 Å². The van der Waals surface area contributed by atoms with Gasteiger partial charge in [-0.1, -0.05) is 101 Å². The van der Waals surface area contributed by atoms with E-state index in [1.807, 2.05) is 42.6 Å². The summed E-state index contributed by atoms with van der Waals surface area (Å²) in [4.78, 5) is 12.4. The smallest absolute Gasteiger partial charge is 0.224 e. The number of aryl methyl sites for hydroxylation is 1. The fraction of sp³-hybridized carbons (Fsp3) is 0.600. The molecule has 0 atom stereocenters. The molecule has 0 spiro atoms. The molecule has 4 nitrogen and oxygen atoms in total. The molecule has 0 aliphatic carbocycles. The summed E-state index contributed by atoms with van der Waals surface area (Å²) in [5.74, 6) is 0.685. The standard InChI is InChI=1S/C30H45ClN2O2.HI/c1-3-5-6-7-8-9-10-11-12-13-14-17-22-35-29-20-19-26(23-28(29)31)24-30(34)32-25-27-18-15-16-21-33(27)4-2;/h15-16,18-21,23H,3-14,17,22,24-25H2,1-2H3;1H. The van der Waals surface area contributed by atoms with Crippen molar-refractivity contribution in [3.05, 3.63) is 58.9 Å². The Labute approximate surface area is 241 Å². The van der Waals surface area contributed by atoms with E-state index in [1.54, 1.807) is 0 Å². The fourth-order valence-electron chi connectivity index (χ4n) is 4.31. The zero-order valence-corrected chi connectivity index (χ0v) is 25.3. The highest BCUT2D eigenvalue weighted by Crippen LogP contribution is 2.26. The molecule has 1 amide bonds. The molecule has 0 aliphatic rings. The number of nitrogens with zero attached hydrogens (tertiary/aromatic N) is 1. The lowest BCUT2D eigenvalue weighted by atomic mass is 10.1. The van der Waals surface area contributed by atoms with Gasteiger partial charge in [-0.05, 0) is 31.0 Å². The summed E-state index contributed by atoms with van der Waals surface area (Å²) in [6.07, 6.45) is 18.3. The maximum absolute atomic E-state index is 12.4. The molecule has 2 aromatic rings. The quantitative estimate of drug-likeness (QED) is 0.141. The number of aromatic nitrogens is 1. The number of benzene rings is 1. The van der Waals surface area contributed by atoms with Crippen molar-refractivity contribution in [3.8, 4) is 5.75 Å². The lowest BCUT2D eigenvalue weighted by Crippen LogP contribution is -3.00. The average molecular weight is 629 g/mol. The molecule has 0 radical (unpaired) electrons. The molecule has 0 unspecified atom stereocenters. The minimum atomic E-state index is -0.0160. The van der Waals surface area contributed by atoms with Gasteiger partial charge in [0.2, 0.25) is 11.6 Å². The van der Waals surface area contributed by atoms with Crippen molar-refractivity contribution in [1.82, 2.24) is 5.32 Å². The first-order chi connectivity index (χ1) is 17.1. The van der Waals surface area contributed by atoms with Gasteiger partial charge in [0.25, 0.3) is 0 Å². The van der Waals surface area contributed by atoms with Gasteiger partial charge >= 0.3 is 0 Å². The summed E-state index contributed by atoms with van der Waals surface area (Å²) in [6.45, 7) is 6.44. The van der Waals surface area contributed by atoms with Crippen LogP contribution in [-0.2, 0) is 24.3 Å². The van der Waals surface area contributed by atoms with Gasteiger partial charge < -0.3 is 34.0 Å². The fourth-order valence-corrected chi connectivity index (χ4v) is 4.57. The molecule has 36 heavy (non-hydrogen) atoms. The summed E-state index contributed by atoms with van der Waals surface area (Å²) < 4.78 is 8.01. The number of hydrogen-bond donors (Lipinski definition) is 1. The van der Waals surface area contributed by atoms with Crippen LogP contribution >= 0.6 is 11.6 Å². The summed E-state index contributed by atoms with van der Waals surface area (Å²) >= 11 is 6.42. The maximum Gasteiger partial charge on any atom is 0.224 e. The number of hydrogen-bond acceptors (Lipinski definition) is 2. The van der Waals surface area contributed by atoms with Crippen LogP contribution in [0.1, 0.15) is 102 Å². The van der Waals surface area contributed by atoms with Crippen LogP contribution in [0.15, 0.2) is 42.6 Å². The number of rotatable bonds is 19. The molecule has 1 N–H and O–H groups in total. The number of carbonyl (C=O) groups is 1. The van der Waals surface area contributed by atoms with Gasteiger partial charge in [0, 0.05) is 12.1 Å². The summed E-state index contributed by atoms with van der Waals surface area (Å²) in [6, 6.07) is 11.7. The van der Waals surface area contributed by atoms with Crippen molar-refractivity contribution in [1.29, 1.82) is 0 Å². The van der Waals surface area contributed by atoms with Crippen LogP contribution in [0.4, 0.5) is 0 Å². The molecule has 0 fully saturated rings. The monoisotopic (exact) mass is 628 g/mol. The zero-order chi connectivity index (χ0) is 25.1. The van der Waals surface area contributed by atoms with E-state index in [0.717, 1.165) is 24.2 Å². The lowest BCUT2D eigenvalue weighted by molar-refractivity contribution is -0.701. The van der Waals surface area contributed by atoms with Gasteiger partial charge in [0.15, 0.2) is 6.20 Å². The van der Waals surface area contributed by atoms with E-state index >= 15 is 0 Å². The van der Waals surface area contributed by atoms with E-state index in [2.05, 4.69) is 23.7 Å². The van der Waals surface area contributed by atoms with Crippen LogP contribution in [0.3, 0.4) is 0 Å². The van der Waals surface area contributed by atoms with E-state index in [9.17, 15) is 4.79 Å². The molecular weight excluding hydrogens is 583 g/mol. The van der Waals surface area contributed by atoms with E-state index in [4.69, 9.17) is 16.3 Å². The number of amides is 1. The second kappa shape index (κ2) is 20.7. The van der Waals surface area contributed by atoms with Crippen LogP contribution < -0.4 is 38.6 Å².